The van der Waals surface area contributed by atoms with Crippen molar-refractivity contribution in [3.8, 4) is 0 Å². The first-order chi connectivity index (χ1) is 9.47. The van der Waals surface area contributed by atoms with Gasteiger partial charge in [-0.3, -0.25) is 0 Å². The second-order valence-electron chi connectivity index (χ2n) is 4.73. The molecule has 0 aliphatic rings. The number of nitrogens with two attached hydrogens (primary N) is 1. The van der Waals surface area contributed by atoms with E-state index in [1.807, 2.05) is 32.0 Å². The van der Waals surface area contributed by atoms with Crippen LogP contribution in [-0.2, 0) is 11.3 Å². The molecule has 20 heavy (non-hydrogen) atoms. The molecular formula is C16H16FNO2. The predicted molar refractivity (Wildman–Crippen MR) is 75.8 cm³/mol. The molecule has 0 atom stereocenters. The molecule has 0 saturated heterocycles. The first-order valence-corrected chi connectivity index (χ1v) is 6.25. The van der Waals surface area contributed by atoms with Gasteiger partial charge < -0.3 is 10.5 Å². The summed E-state index contributed by atoms with van der Waals surface area (Å²) < 4.78 is 18.1. The van der Waals surface area contributed by atoms with Crippen molar-refractivity contribution in [2.45, 2.75) is 20.5 Å². The summed E-state index contributed by atoms with van der Waals surface area (Å²) >= 11 is 0. The van der Waals surface area contributed by atoms with Crippen LogP contribution in [0.2, 0.25) is 0 Å². The van der Waals surface area contributed by atoms with E-state index < -0.39 is 11.8 Å². The van der Waals surface area contributed by atoms with Crippen LogP contribution in [-0.4, -0.2) is 5.97 Å². The number of hydrogen-bond donors (Lipinski definition) is 1. The largest absolute Gasteiger partial charge is 0.457 e. The molecule has 0 aromatic heterocycles. The summed E-state index contributed by atoms with van der Waals surface area (Å²) in [6.07, 6.45) is 0. The molecule has 0 amide bonds. The summed E-state index contributed by atoms with van der Waals surface area (Å²) in [5.41, 5.74) is 9.08. The average molecular weight is 273 g/mol. The summed E-state index contributed by atoms with van der Waals surface area (Å²) in [7, 11) is 0. The van der Waals surface area contributed by atoms with Crippen LogP contribution >= 0.6 is 0 Å². The van der Waals surface area contributed by atoms with E-state index in [4.69, 9.17) is 10.5 Å². The number of ether oxygens (including phenoxy) is 1. The zero-order chi connectivity index (χ0) is 14.7. The van der Waals surface area contributed by atoms with Crippen molar-refractivity contribution in [3.63, 3.8) is 0 Å². The van der Waals surface area contributed by atoms with E-state index in [1.165, 1.54) is 17.7 Å². The fourth-order valence-electron chi connectivity index (χ4n) is 1.84. The summed E-state index contributed by atoms with van der Waals surface area (Å²) in [5.74, 6) is -1.03. The van der Waals surface area contributed by atoms with Crippen LogP contribution in [0, 0.1) is 19.7 Å². The zero-order valence-corrected chi connectivity index (χ0v) is 11.4. The van der Waals surface area contributed by atoms with Crippen molar-refractivity contribution in [1.29, 1.82) is 0 Å². The lowest BCUT2D eigenvalue weighted by Gasteiger charge is -2.08. The predicted octanol–water partition coefficient (Wildman–Crippen LogP) is 3.38. The van der Waals surface area contributed by atoms with E-state index in [0.717, 1.165) is 17.2 Å². The number of hydrogen-bond acceptors (Lipinski definition) is 3. The van der Waals surface area contributed by atoms with Gasteiger partial charge in [0.2, 0.25) is 0 Å². The summed E-state index contributed by atoms with van der Waals surface area (Å²) in [6, 6.07) is 9.47. The Hall–Kier alpha value is -2.36. The molecule has 0 spiro atoms. The van der Waals surface area contributed by atoms with E-state index in [0.29, 0.717) is 0 Å². The van der Waals surface area contributed by atoms with E-state index in [-0.39, 0.29) is 17.9 Å². The Bertz CT molecular complexity index is 653. The molecule has 0 radical (unpaired) electrons. The van der Waals surface area contributed by atoms with Crippen molar-refractivity contribution in [2.24, 2.45) is 0 Å². The van der Waals surface area contributed by atoms with E-state index >= 15 is 0 Å². The molecule has 0 bridgehead atoms. The highest BCUT2D eigenvalue weighted by Crippen LogP contribution is 2.16. The number of nitrogen functional groups attached to an aromatic ring is 1. The Balaban J connectivity index is 2.06. The lowest BCUT2D eigenvalue weighted by atomic mass is 10.1. The number of aryl methyl sites for hydroxylation is 2. The molecular weight excluding hydrogens is 257 g/mol. The van der Waals surface area contributed by atoms with Crippen LogP contribution in [0.5, 0.6) is 0 Å². The quantitative estimate of drug-likeness (QED) is 0.689. The van der Waals surface area contributed by atoms with Gasteiger partial charge in [-0.05, 0) is 48.7 Å². The zero-order valence-electron chi connectivity index (χ0n) is 11.4. The monoisotopic (exact) mass is 273 g/mol. The number of rotatable bonds is 3. The molecule has 0 fully saturated rings. The first kappa shape index (κ1) is 14.1. The van der Waals surface area contributed by atoms with Crippen molar-refractivity contribution < 1.29 is 13.9 Å². The van der Waals surface area contributed by atoms with Gasteiger partial charge in [0.25, 0.3) is 0 Å². The molecule has 2 aromatic carbocycles. The van der Waals surface area contributed by atoms with Gasteiger partial charge in [0.1, 0.15) is 12.4 Å². The van der Waals surface area contributed by atoms with Crippen LogP contribution in [0.1, 0.15) is 27.0 Å². The highest BCUT2D eigenvalue weighted by Gasteiger charge is 2.12. The fraction of sp³-hybridized carbons (Fsp3) is 0.188. The number of carbonyl (C=O) groups is 1. The number of benzene rings is 2. The number of anilines is 1. The highest BCUT2D eigenvalue weighted by molar-refractivity contribution is 5.94. The molecule has 3 nitrogen and oxygen atoms in total. The Labute approximate surface area is 117 Å². The SMILES string of the molecule is Cc1ccc(COC(=O)c2ccc(F)cc2N)cc1C. The Morgan fingerprint density at radius 2 is 1.90 bits per heavy atom. The summed E-state index contributed by atoms with van der Waals surface area (Å²) in [6.45, 7) is 4.18. The Morgan fingerprint density at radius 3 is 2.55 bits per heavy atom. The second kappa shape index (κ2) is 5.74. The molecule has 2 rings (SSSR count). The molecule has 0 aliphatic carbocycles. The van der Waals surface area contributed by atoms with Gasteiger partial charge in [0.15, 0.2) is 0 Å². The van der Waals surface area contributed by atoms with Crippen molar-refractivity contribution in [1.82, 2.24) is 0 Å². The summed E-state index contributed by atoms with van der Waals surface area (Å²) in [4.78, 5) is 11.9. The van der Waals surface area contributed by atoms with Crippen LogP contribution < -0.4 is 5.73 Å². The summed E-state index contributed by atoms with van der Waals surface area (Å²) in [5, 5.41) is 0. The maximum Gasteiger partial charge on any atom is 0.340 e. The third-order valence-electron chi connectivity index (χ3n) is 3.17. The standard InChI is InChI=1S/C16H16FNO2/c1-10-3-4-12(7-11(10)2)9-20-16(19)14-6-5-13(17)8-15(14)18/h3-8H,9,18H2,1-2H3. The third kappa shape index (κ3) is 3.15. The molecule has 0 aliphatic heterocycles. The fourth-order valence-corrected chi connectivity index (χ4v) is 1.84. The Kier molecular flexibility index (Phi) is 4.03. The minimum absolute atomic E-state index is 0.0788. The van der Waals surface area contributed by atoms with E-state index in [2.05, 4.69) is 0 Å². The lowest BCUT2D eigenvalue weighted by Crippen LogP contribution is -2.08. The minimum atomic E-state index is -0.555. The van der Waals surface area contributed by atoms with E-state index in [1.54, 1.807) is 0 Å². The maximum atomic E-state index is 12.9. The van der Waals surface area contributed by atoms with Crippen LogP contribution in [0.4, 0.5) is 10.1 Å². The van der Waals surface area contributed by atoms with Crippen molar-refractivity contribution in [3.05, 3.63) is 64.5 Å². The molecule has 4 heteroatoms. The van der Waals surface area contributed by atoms with Crippen molar-refractivity contribution in [2.75, 3.05) is 5.73 Å². The van der Waals surface area contributed by atoms with E-state index in [9.17, 15) is 9.18 Å². The van der Waals surface area contributed by atoms with Crippen molar-refractivity contribution >= 4 is 11.7 Å². The van der Waals surface area contributed by atoms with Crippen LogP contribution in [0.15, 0.2) is 36.4 Å². The minimum Gasteiger partial charge on any atom is -0.457 e. The molecule has 104 valence electrons. The normalized spacial score (nSPS) is 10.3. The molecule has 2 N–H and O–H groups in total. The van der Waals surface area contributed by atoms with Gasteiger partial charge in [0.05, 0.1) is 5.56 Å². The topological polar surface area (TPSA) is 52.3 Å². The van der Waals surface area contributed by atoms with Gasteiger partial charge in [-0.25, -0.2) is 9.18 Å². The highest BCUT2D eigenvalue weighted by atomic mass is 19.1. The lowest BCUT2D eigenvalue weighted by molar-refractivity contribution is 0.0474. The number of esters is 1. The number of carbonyl (C=O) groups excluding carboxylic acids is 1. The number of halogens is 1. The molecule has 2 aromatic rings. The molecule has 0 unspecified atom stereocenters. The van der Waals surface area contributed by atoms with Crippen LogP contribution in [0.3, 0.4) is 0 Å². The first-order valence-electron chi connectivity index (χ1n) is 6.25. The van der Waals surface area contributed by atoms with Gasteiger partial charge in [-0.1, -0.05) is 18.2 Å². The van der Waals surface area contributed by atoms with Gasteiger partial charge in [-0.2, -0.15) is 0 Å². The van der Waals surface area contributed by atoms with Gasteiger partial charge in [-0.15, -0.1) is 0 Å². The molecule has 0 heterocycles. The molecule has 0 saturated carbocycles. The smallest absolute Gasteiger partial charge is 0.340 e. The van der Waals surface area contributed by atoms with Gasteiger partial charge >= 0.3 is 5.97 Å². The maximum absolute atomic E-state index is 12.9. The third-order valence-corrected chi connectivity index (χ3v) is 3.17. The van der Waals surface area contributed by atoms with Gasteiger partial charge in [0, 0.05) is 5.69 Å². The second-order valence-corrected chi connectivity index (χ2v) is 4.73. The Morgan fingerprint density at radius 1 is 1.15 bits per heavy atom. The van der Waals surface area contributed by atoms with Crippen LogP contribution in [0.25, 0.3) is 0 Å². The average Bonchev–Trinajstić information content (AvgIpc) is 2.40.